The number of amides is 1. The molecule has 0 fully saturated rings. The second-order valence-corrected chi connectivity index (χ2v) is 7.90. The molecule has 0 spiro atoms. The zero-order valence-corrected chi connectivity index (χ0v) is 18.1. The minimum Gasteiger partial charge on any atom is -0.476 e. The van der Waals surface area contributed by atoms with Crippen LogP contribution in [0, 0.1) is 0 Å². The lowest BCUT2D eigenvalue weighted by molar-refractivity contribution is -0.162. The molecule has 0 aromatic heterocycles. The largest absolute Gasteiger partial charge is 0.476 e. The van der Waals surface area contributed by atoms with Gasteiger partial charge in [0.1, 0.15) is 5.75 Å². The van der Waals surface area contributed by atoms with E-state index in [2.05, 4.69) is 5.32 Å². The molecule has 0 heterocycles. The fraction of sp³-hybridized carbons (Fsp3) is 0.200. The van der Waals surface area contributed by atoms with Crippen molar-refractivity contribution in [3.05, 3.63) is 101 Å². The van der Waals surface area contributed by atoms with E-state index < -0.39 is 24.1 Å². The summed E-state index contributed by atoms with van der Waals surface area (Å²) in [7, 11) is 0. The van der Waals surface area contributed by atoms with Gasteiger partial charge in [0.2, 0.25) is 0 Å². The Bertz CT molecular complexity index is 965. The third-order valence-electron chi connectivity index (χ3n) is 4.58. The summed E-state index contributed by atoms with van der Waals surface area (Å²) in [6.07, 6.45) is 0. The van der Waals surface area contributed by atoms with Crippen LogP contribution >= 0.6 is 11.6 Å². The third kappa shape index (κ3) is 6.33. The third-order valence-corrected chi connectivity index (χ3v) is 4.84. The van der Waals surface area contributed by atoms with Gasteiger partial charge in [-0.1, -0.05) is 72.3 Å². The van der Waals surface area contributed by atoms with E-state index in [0.29, 0.717) is 10.8 Å². The van der Waals surface area contributed by atoms with Crippen LogP contribution in [0.15, 0.2) is 84.9 Å². The molecule has 0 aliphatic carbocycles. The van der Waals surface area contributed by atoms with Crippen molar-refractivity contribution in [1.82, 2.24) is 5.32 Å². The van der Waals surface area contributed by atoms with E-state index in [1.54, 1.807) is 38.1 Å². The van der Waals surface area contributed by atoms with Crippen molar-refractivity contribution in [3.8, 4) is 5.75 Å². The topological polar surface area (TPSA) is 64.6 Å². The molecular formula is C25H24ClNO4. The Morgan fingerprint density at radius 2 is 1.39 bits per heavy atom. The van der Waals surface area contributed by atoms with E-state index in [1.807, 2.05) is 60.7 Å². The molecule has 5 nitrogen and oxygen atoms in total. The van der Waals surface area contributed by atoms with Crippen molar-refractivity contribution in [1.29, 1.82) is 0 Å². The Hall–Kier alpha value is -3.31. The fourth-order valence-electron chi connectivity index (χ4n) is 3.00. The van der Waals surface area contributed by atoms with Crippen molar-refractivity contribution in [2.24, 2.45) is 0 Å². The van der Waals surface area contributed by atoms with E-state index in [9.17, 15) is 9.59 Å². The van der Waals surface area contributed by atoms with Crippen molar-refractivity contribution < 1.29 is 19.1 Å². The molecule has 0 saturated heterocycles. The zero-order valence-electron chi connectivity index (χ0n) is 17.4. The number of carbonyl (C=O) groups excluding carboxylic acids is 2. The molecule has 0 saturated carbocycles. The van der Waals surface area contributed by atoms with E-state index in [-0.39, 0.29) is 6.04 Å². The monoisotopic (exact) mass is 437 g/mol. The van der Waals surface area contributed by atoms with Crippen LogP contribution in [0.5, 0.6) is 5.75 Å². The summed E-state index contributed by atoms with van der Waals surface area (Å²) in [6, 6.07) is 25.5. The summed E-state index contributed by atoms with van der Waals surface area (Å²) >= 11 is 5.87. The average Bonchev–Trinajstić information content (AvgIpc) is 2.78. The van der Waals surface area contributed by atoms with E-state index in [1.165, 1.54) is 0 Å². The normalized spacial score (nSPS) is 11.1. The Labute approximate surface area is 187 Å². The van der Waals surface area contributed by atoms with Gasteiger partial charge in [-0.15, -0.1) is 0 Å². The molecule has 0 aliphatic heterocycles. The van der Waals surface area contributed by atoms with Gasteiger partial charge in [0.25, 0.3) is 5.91 Å². The standard InChI is InChI=1S/C25H24ClNO4/c1-25(2,31-21-15-13-20(26)14-16-21)24(29)30-17-22(28)27-23(18-9-5-3-6-10-18)19-11-7-4-8-12-19/h3-16,23H,17H2,1-2H3,(H,27,28). The van der Waals surface area contributed by atoms with Gasteiger partial charge in [0.15, 0.2) is 12.2 Å². The van der Waals surface area contributed by atoms with Crippen molar-refractivity contribution in [3.63, 3.8) is 0 Å². The highest BCUT2D eigenvalue weighted by atomic mass is 35.5. The summed E-state index contributed by atoms with van der Waals surface area (Å²) in [4.78, 5) is 25.1. The summed E-state index contributed by atoms with van der Waals surface area (Å²) in [5.74, 6) is -0.578. The quantitative estimate of drug-likeness (QED) is 0.506. The first-order valence-corrected chi connectivity index (χ1v) is 10.2. The van der Waals surface area contributed by atoms with Gasteiger partial charge in [-0.3, -0.25) is 4.79 Å². The Kier molecular flexibility index (Phi) is 7.32. The molecule has 0 atom stereocenters. The van der Waals surface area contributed by atoms with E-state index in [4.69, 9.17) is 21.1 Å². The average molecular weight is 438 g/mol. The molecule has 3 aromatic carbocycles. The zero-order chi connectivity index (χ0) is 22.3. The lowest BCUT2D eigenvalue weighted by Gasteiger charge is -2.25. The number of halogens is 1. The maximum absolute atomic E-state index is 12.6. The first-order chi connectivity index (χ1) is 14.8. The van der Waals surface area contributed by atoms with Crippen LogP contribution in [0.2, 0.25) is 5.02 Å². The number of nitrogens with one attached hydrogen (secondary N) is 1. The maximum atomic E-state index is 12.6. The number of hydrogen-bond donors (Lipinski definition) is 1. The van der Waals surface area contributed by atoms with Crippen LogP contribution in [-0.2, 0) is 14.3 Å². The van der Waals surface area contributed by atoms with Crippen molar-refractivity contribution >= 4 is 23.5 Å². The van der Waals surface area contributed by atoms with Crippen LogP contribution < -0.4 is 10.1 Å². The minimum atomic E-state index is -1.27. The fourth-order valence-corrected chi connectivity index (χ4v) is 3.12. The highest BCUT2D eigenvalue weighted by molar-refractivity contribution is 6.30. The highest BCUT2D eigenvalue weighted by Crippen LogP contribution is 2.23. The van der Waals surface area contributed by atoms with Crippen molar-refractivity contribution in [2.45, 2.75) is 25.5 Å². The predicted octanol–water partition coefficient (Wildman–Crippen LogP) is 4.95. The Balaban J connectivity index is 1.62. The van der Waals surface area contributed by atoms with Gasteiger partial charge in [-0.05, 0) is 49.2 Å². The number of rotatable bonds is 8. The molecule has 3 aromatic rings. The Morgan fingerprint density at radius 1 is 0.871 bits per heavy atom. The predicted molar refractivity (Wildman–Crippen MR) is 120 cm³/mol. The SMILES string of the molecule is CC(C)(Oc1ccc(Cl)cc1)C(=O)OCC(=O)NC(c1ccccc1)c1ccccc1. The van der Waals surface area contributed by atoms with Crippen LogP contribution in [0.1, 0.15) is 31.0 Å². The first-order valence-electron chi connectivity index (χ1n) is 9.86. The second-order valence-electron chi connectivity index (χ2n) is 7.46. The number of hydrogen-bond acceptors (Lipinski definition) is 4. The second kappa shape index (κ2) is 10.1. The molecule has 160 valence electrons. The molecule has 3 rings (SSSR count). The van der Waals surface area contributed by atoms with Crippen LogP contribution in [0.4, 0.5) is 0 Å². The molecule has 0 radical (unpaired) electrons. The van der Waals surface area contributed by atoms with Gasteiger partial charge in [-0.25, -0.2) is 4.79 Å². The molecule has 0 unspecified atom stereocenters. The molecule has 0 bridgehead atoms. The molecule has 0 aliphatic rings. The molecule has 31 heavy (non-hydrogen) atoms. The van der Waals surface area contributed by atoms with E-state index in [0.717, 1.165) is 11.1 Å². The first kappa shape index (κ1) is 22.4. The summed E-state index contributed by atoms with van der Waals surface area (Å²) < 4.78 is 10.9. The molecular weight excluding hydrogens is 414 g/mol. The van der Waals surface area contributed by atoms with Gasteiger partial charge in [0.05, 0.1) is 6.04 Å². The van der Waals surface area contributed by atoms with Crippen molar-refractivity contribution in [2.75, 3.05) is 6.61 Å². The smallest absolute Gasteiger partial charge is 0.350 e. The van der Waals surface area contributed by atoms with Crippen LogP contribution in [-0.4, -0.2) is 24.1 Å². The van der Waals surface area contributed by atoms with Crippen LogP contribution in [0.3, 0.4) is 0 Å². The summed E-state index contributed by atoms with van der Waals surface area (Å²) in [5.41, 5.74) is 0.589. The lowest BCUT2D eigenvalue weighted by atomic mass is 9.99. The number of benzene rings is 3. The maximum Gasteiger partial charge on any atom is 0.350 e. The lowest BCUT2D eigenvalue weighted by Crippen LogP contribution is -2.42. The molecule has 1 N–H and O–H groups in total. The van der Waals surface area contributed by atoms with Gasteiger partial charge in [-0.2, -0.15) is 0 Å². The summed E-state index contributed by atoms with van der Waals surface area (Å²) in [6.45, 7) is 2.75. The van der Waals surface area contributed by atoms with Gasteiger partial charge < -0.3 is 14.8 Å². The molecule has 6 heteroatoms. The number of carbonyl (C=O) groups is 2. The van der Waals surface area contributed by atoms with E-state index >= 15 is 0 Å². The summed E-state index contributed by atoms with van der Waals surface area (Å²) in [5, 5.41) is 3.51. The van der Waals surface area contributed by atoms with Gasteiger partial charge in [0, 0.05) is 5.02 Å². The number of ether oxygens (including phenoxy) is 2. The Morgan fingerprint density at radius 3 is 1.90 bits per heavy atom. The minimum absolute atomic E-state index is 0.355. The number of esters is 1. The van der Waals surface area contributed by atoms with Crippen LogP contribution in [0.25, 0.3) is 0 Å². The van der Waals surface area contributed by atoms with Gasteiger partial charge >= 0.3 is 5.97 Å². The highest BCUT2D eigenvalue weighted by Gasteiger charge is 2.32. The molecule has 1 amide bonds.